The Bertz CT molecular complexity index is 901. The maximum absolute atomic E-state index is 12.6. The number of oxazole rings is 1. The Balaban J connectivity index is 1.64. The fourth-order valence-electron chi connectivity index (χ4n) is 2.93. The summed E-state index contributed by atoms with van der Waals surface area (Å²) in [6.07, 6.45) is 4.29. The van der Waals surface area contributed by atoms with Gasteiger partial charge in [-0.1, -0.05) is 0 Å². The molecule has 0 spiro atoms. The Kier molecular flexibility index (Phi) is 3.31. The summed E-state index contributed by atoms with van der Waals surface area (Å²) >= 11 is 0. The van der Waals surface area contributed by atoms with E-state index in [1.165, 1.54) is 0 Å². The van der Waals surface area contributed by atoms with Crippen molar-refractivity contribution in [2.75, 3.05) is 11.9 Å². The summed E-state index contributed by atoms with van der Waals surface area (Å²) in [5.41, 5.74) is 4.93. The highest BCUT2D eigenvalue weighted by molar-refractivity contribution is 6.05. The molecular formula is C17H16N4O2. The first-order valence-electron chi connectivity index (χ1n) is 7.56. The third-order valence-corrected chi connectivity index (χ3v) is 4.01. The average Bonchev–Trinajstić information content (AvgIpc) is 2.93. The molecule has 23 heavy (non-hydrogen) atoms. The van der Waals surface area contributed by atoms with Gasteiger partial charge >= 0.3 is 0 Å². The maximum atomic E-state index is 12.6. The van der Waals surface area contributed by atoms with Crippen LogP contribution in [0.3, 0.4) is 0 Å². The number of hydrogen-bond donors (Lipinski definition) is 2. The second kappa shape index (κ2) is 5.48. The molecule has 0 aliphatic carbocycles. The van der Waals surface area contributed by atoms with Crippen molar-refractivity contribution >= 4 is 22.7 Å². The van der Waals surface area contributed by atoms with Crippen LogP contribution in [0.1, 0.15) is 27.4 Å². The van der Waals surface area contributed by atoms with Gasteiger partial charge in [-0.05, 0) is 36.2 Å². The number of carbonyl (C=O) groups excluding carboxylic acids is 1. The van der Waals surface area contributed by atoms with Gasteiger partial charge in [-0.2, -0.15) is 0 Å². The number of aryl methyl sites for hydroxylation is 1. The van der Waals surface area contributed by atoms with Gasteiger partial charge < -0.3 is 15.1 Å². The Morgan fingerprint density at radius 2 is 2.26 bits per heavy atom. The van der Waals surface area contributed by atoms with Gasteiger partial charge in [-0.3, -0.25) is 9.78 Å². The van der Waals surface area contributed by atoms with Crippen LogP contribution in [0.15, 0.2) is 35.0 Å². The summed E-state index contributed by atoms with van der Waals surface area (Å²) < 4.78 is 5.50. The number of hydrogen-bond acceptors (Lipinski definition) is 5. The predicted octanol–water partition coefficient (Wildman–Crippen LogP) is 2.43. The summed E-state index contributed by atoms with van der Waals surface area (Å²) in [7, 11) is 0. The van der Waals surface area contributed by atoms with Crippen molar-refractivity contribution in [3.05, 3.63) is 53.2 Å². The number of nitrogens with one attached hydrogen (secondary N) is 2. The zero-order valence-corrected chi connectivity index (χ0v) is 12.7. The van der Waals surface area contributed by atoms with E-state index >= 15 is 0 Å². The smallest absolute Gasteiger partial charge is 0.257 e. The first-order valence-corrected chi connectivity index (χ1v) is 7.56. The van der Waals surface area contributed by atoms with Crippen LogP contribution >= 0.6 is 0 Å². The van der Waals surface area contributed by atoms with Crippen LogP contribution in [-0.4, -0.2) is 22.4 Å². The number of nitrogens with zero attached hydrogens (tertiary/aromatic N) is 2. The lowest BCUT2D eigenvalue weighted by molar-refractivity contribution is 0.102. The first-order chi connectivity index (χ1) is 11.2. The molecule has 0 atom stereocenters. The lowest BCUT2D eigenvalue weighted by Gasteiger charge is -2.19. The molecule has 3 heterocycles. The number of pyridine rings is 1. The highest BCUT2D eigenvalue weighted by Gasteiger charge is 2.18. The molecule has 3 aromatic rings. The maximum Gasteiger partial charge on any atom is 0.257 e. The van der Waals surface area contributed by atoms with Crippen molar-refractivity contribution in [2.45, 2.75) is 19.9 Å². The fourth-order valence-corrected chi connectivity index (χ4v) is 2.93. The van der Waals surface area contributed by atoms with Crippen LogP contribution in [-0.2, 0) is 13.0 Å². The molecule has 0 bridgehead atoms. The summed E-state index contributed by atoms with van der Waals surface area (Å²) in [6.45, 7) is 3.43. The van der Waals surface area contributed by atoms with Crippen LogP contribution in [0.25, 0.3) is 11.1 Å². The fraction of sp³-hybridized carbons (Fsp3) is 0.235. The topological polar surface area (TPSA) is 80.0 Å². The van der Waals surface area contributed by atoms with E-state index in [4.69, 9.17) is 4.42 Å². The van der Waals surface area contributed by atoms with Gasteiger partial charge in [0.2, 0.25) is 0 Å². The summed E-state index contributed by atoms with van der Waals surface area (Å²) in [5, 5.41) is 6.21. The third-order valence-electron chi connectivity index (χ3n) is 4.01. The number of benzene rings is 1. The lowest BCUT2D eigenvalue weighted by Crippen LogP contribution is -2.27. The van der Waals surface area contributed by atoms with Gasteiger partial charge in [-0.15, -0.1) is 0 Å². The monoisotopic (exact) mass is 308 g/mol. The molecule has 4 rings (SSSR count). The minimum Gasteiger partial charge on any atom is -0.441 e. The van der Waals surface area contributed by atoms with Crippen molar-refractivity contribution in [3.8, 4) is 0 Å². The van der Waals surface area contributed by atoms with Crippen LogP contribution in [0.2, 0.25) is 0 Å². The summed E-state index contributed by atoms with van der Waals surface area (Å²) in [6, 6.07) is 5.45. The molecule has 1 aromatic carbocycles. The van der Waals surface area contributed by atoms with Gasteiger partial charge in [-0.25, -0.2) is 4.98 Å². The largest absolute Gasteiger partial charge is 0.441 e. The highest BCUT2D eigenvalue weighted by atomic mass is 16.3. The van der Waals surface area contributed by atoms with Crippen LogP contribution in [0.5, 0.6) is 0 Å². The third kappa shape index (κ3) is 2.57. The van der Waals surface area contributed by atoms with E-state index in [0.29, 0.717) is 22.7 Å². The summed E-state index contributed by atoms with van der Waals surface area (Å²) in [5.74, 6) is 0.462. The normalized spacial score (nSPS) is 13.8. The molecule has 1 amide bonds. The van der Waals surface area contributed by atoms with E-state index < -0.39 is 0 Å². The van der Waals surface area contributed by atoms with Crippen molar-refractivity contribution in [2.24, 2.45) is 0 Å². The van der Waals surface area contributed by atoms with Gasteiger partial charge in [0.1, 0.15) is 5.52 Å². The van der Waals surface area contributed by atoms with Gasteiger partial charge in [0.05, 0.1) is 5.56 Å². The second-order valence-electron chi connectivity index (χ2n) is 5.62. The Labute approximate surface area is 132 Å². The molecule has 0 saturated heterocycles. The van der Waals surface area contributed by atoms with E-state index in [2.05, 4.69) is 20.6 Å². The van der Waals surface area contributed by atoms with E-state index in [1.54, 1.807) is 19.2 Å². The molecule has 1 aliphatic rings. The molecule has 1 aliphatic heterocycles. The number of fused-ring (bicyclic) bond motifs is 2. The minimum atomic E-state index is -0.146. The van der Waals surface area contributed by atoms with E-state index in [-0.39, 0.29) is 5.91 Å². The van der Waals surface area contributed by atoms with Gasteiger partial charge in [0, 0.05) is 37.6 Å². The Morgan fingerprint density at radius 1 is 1.35 bits per heavy atom. The predicted molar refractivity (Wildman–Crippen MR) is 86.3 cm³/mol. The molecule has 116 valence electrons. The lowest BCUT2D eigenvalue weighted by atomic mass is 9.98. The molecule has 6 nitrogen and oxygen atoms in total. The average molecular weight is 308 g/mol. The Hall–Kier alpha value is -2.73. The zero-order chi connectivity index (χ0) is 15.8. The minimum absolute atomic E-state index is 0.146. The van der Waals surface area contributed by atoms with E-state index in [0.717, 1.165) is 36.2 Å². The van der Waals surface area contributed by atoms with E-state index in [9.17, 15) is 4.79 Å². The van der Waals surface area contributed by atoms with Crippen LogP contribution in [0, 0.1) is 6.92 Å². The molecule has 2 N–H and O–H groups in total. The SMILES string of the molecule is Cc1nc2ccc(NC(=O)c3cncc4c3CCNC4)cc2o1. The number of aromatic nitrogens is 2. The number of carbonyl (C=O) groups is 1. The van der Waals surface area contributed by atoms with Crippen LogP contribution < -0.4 is 10.6 Å². The standard InChI is InChI=1S/C17H16N4O2/c1-10-20-15-3-2-12(6-16(15)23-10)21-17(22)14-9-19-8-11-7-18-5-4-13(11)14/h2-3,6,8-9,18H,4-5,7H2,1H3,(H,21,22). The number of rotatable bonds is 2. The summed E-state index contributed by atoms with van der Waals surface area (Å²) in [4.78, 5) is 21.0. The molecule has 0 radical (unpaired) electrons. The molecule has 0 unspecified atom stereocenters. The number of anilines is 1. The quantitative estimate of drug-likeness (QED) is 0.760. The van der Waals surface area contributed by atoms with Crippen molar-refractivity contribution < 1.29 is 9.21 Å². The van der Waals surface area contributed by atoms with Gasteiger partial charge in [0.25, 0.3) is 5.91 Å². The molecular weight excluding hydrogens is 292 g/mol. The van der Waals surface area contributed by atoms with Crippen molar-refractivity contribution in [1.82, 2.24) is 15.3 Å². The van der Waals surface area contributed by atoms with E-state index in [1.807, 2.05) is 18.3 Å². The van der Waals surface area contributed by atoms with Crippen LogP contribution in [0.4, 0.5) is 5.69 Å². The molecule has 0 saturated carbocycles. The second-order valence-corrected chi connectivity index (χ2v) is 5.62. The first kappa shape index (κ1) is 13.9. The number of amides is 1. The van der Waals surface area contributed by atoms with Crippen molar-refractivity contribution in [1.29, 1.82) is 0 Å². The van der Waals surface area contributed by atoms with Gasteiger partial charge in [0.15, 0.2) is 11.5 Å². The van der Waals surface area contributed by atoms with Crippen molar-refractivity contribution in [3.63, 3.8) is 0 Å². The highest BCUT2D eigenvalue weighted by Crippen LogP contribution is 2.22. The zero-order valence-electron chi connectivity index (χ0n) is 12.7. The molecule has 0 fully saturated rings. The molecule has 6 heteroatoms. The molecule has 2 aromatic heterocycles. The Morgan fingerprint density at radius 3 is 3.17 bits per heavy atom.